The predicted octanol–water partition coefficient (Wildman–Crippen LogP) is 1.46. The van der Waals surface area contributed by atoms with E-state index in [2.05, 4.69) is 29.7 Å². The SMILES string of the molecule is O=C(c1ccc(F)cc1)c1cccc(/C=c2\[nH]c(=O)/c(=C/c3ncn(CCCN4CCNCC4)c3C3CC3)[nH]c2=O)c1. The minimum absolute atomic E-state index is 0.0735. The topological polar surface area (TPSA) is 116 Å². The van der Waals surface area contributed by atoms with Gasteiger partial charge in [0.25, 0.3) is 11.1 Å². The summed E-state index contributed by atoms with van der Waals surface area (Å²) in [6.07, 6.45) is 8.22. The van der Waals surface area contributed by atoms with Crippen molar-refractivity contribution in [2.24, 2.45) is 0 Å². The average Bonchev–Trinajstić information content (AvgIpc) is 3.76. The Bertz CT molecular complexity index is 1830. The van der Waals surface area contributed by atoms with Crippen molar-refractivity contribution in [1.29, 1.82) is 0 Å². The normalized spacial score (nSPS) is 16.7. The molecule has 0 amide bonds. The molecule has 0 radical (unpaired) electrons. The maximum Gasteiger partial charge on any atom is 0.272 e. The van der Waals surface area contributed by atoms with Gasteiger partial charge in [0.15, 0.2) is 5.78 Å². The van der Waals surface area contributed by atoms with Gasteiger partial charge in [-0.3, -0.25) is 14.4 Å². The Morgan fingerprint density at radius 3 is 2.36 bits per heavy atom. The van der Waals surface area contributed by atoms with Crippen LogP contribution in [-0.2, 0) is 6.54 Å². The van der Waals surface area contributed by atoms with E-state index in [4.69, 9.17) is 0 Å². The summed E-state index contributed by atoms with van der Waals surface area (Å²) >= 11 is 0. The third-order valence-corrected chi connectivity index (χ3v) is 7.79. The summed E-state index contributed by atoms with van der Waals surface area (Å²) in [7, 11) is 0. The molecule has 0 spiro atoms. The van der Waals surface area contributed by atoms with E-state index >= 15 is 0 Å². The van der Waals surface area contributed by atoms with E-state index in [1.54, 1.807) is 30.3 Å². The number of piperazine rings is 1. The molecule has 1 saturated carbocycles. The highest BCUT2D eigenvalue weighted by atomic mass is 19.1. The number of nitrogens with zero attached hydrogens (tertiary/aromatic N) is 3. The number of imidazole rings is 1. The number of H-pyrrole nitrogens is 2. The zero-order valence-corrected chi connectivity index (χ0v) is 23.2. The van der Waals surface area contributed by atoms with Crippen LogP contribution in [0.25, 0.3) is 12.2 Å². The Labute approximate surface area is 241 Å². The number of carbonyl (C=O) groups is 1. The lowest BCUT2D eigenvalue weighted by molar-refractivity contribution is 0.103. The van der Waals surface area contributed by atoms with Gasteiger partial charge < -0.3 is 24.8 Å². The molecule has 6 rings (SSSR count). The van der Waals surface area contributed by atoms with E-state index < -0.39 is 16.9 Å². The van der Waals surface area contributed by atoms with Crippen molar-refractivity contribution < 1.29 is 9.18 Å². The number of ketones is 1. The highest BCUT2D eigenvalue weighted by Crippen LogP contribution is 2.41. The molecule has 0 bridgehead atoms. The Hall–Kier alpha value is -4.41. The minimum atomic E-state index is -0.459. The zero-order chi connectivity index (χ0) is 29.1. The molecule has 9 nitrogen and oxygen atoms in total. The first-order valence-electron chi connectivity index (χ1n) is 14.4. The molecule has 4 aromatic rings. The Kier molecular flexibility index (Phi) is 8.07. The van der Waals surface area contributed by atoms with Crippen molar-refractivity contribution in [3.63, 3.8) is 0 Å². The molecule has 2 aromatic carbocycles. The van der Waals surface area contributed by atoms with Gasteiger partial charge in [-0.25, -0.2) is 9.37 Å². The molecule has 1 aliphatic heterocycles. The molecular formula is C32H33FN6O3. The lowest BCUT2D eigenvalue weighted by Gasteiger charge is -2.27. The molecule has 10 heteroatoms. The maximum absolute atomic E-state index is 13.3. The Morgan fingerprint density at radius 2 is 1.64 bits per heavy atom. The number of hydrogen-bond acceptors (Lipinski definition) is 6. The molecule has 0 unspecified atom stereocenters. The van der Waals surface area contributed by atoms with Gasteiger partial charge in [0.05, 0.1) is 12.0 Å². The van der Waals surface area contributed by atoms with E-state index in [1.165, 1.54) is 30.3 Å². The maximum atomic E-state index is 13.3. The smallest absolute Gasteiger partial charge is 0.272 e. The number of halogens is 1. The summed E-state index contributed by atoms with van der Waals surface area (Å²) in [6.45, 7) is 6.11. The number of aromatic nitrogens is 4. The van der Waals surface area contributed by atoms with Crippen LogP contribution in [-0.4, -0.2) is 62.9 Å². The molecule has 3 heterocycles. The molecule has 0 atom stereocenters. The number of benzene rings is 2. The minimum Gasteiger partial charge on any atom is -0.334 e. The van der Waals surface area contributed by atoms with E-state index in [1.807, 2.05) is 6.33 Å². The van der Waals surface area contributed by atoms with Gasteiger partial charge in [-0.2, -0.15) is 0 Å². The van der Waals surface area contributed by atoms with Crippen LogP contribution in [0.5, 0.6) is 0 Å². The molecule has 42 heavy (non-hydrogen) atoms. The number of aromatic amines is 2. The quantitative estimate of drug-likeness (QED) is 0.264. The summed E-state index contributed by atoms with van der Waals surface area (Å²) in [6, 6.07) is 12.0. The van der Waals surface area contributed by atoms with E-state index in [0.29, 0.717) is 28.3 Å². The summed E-state index contributed by atoms with van der Waals surface area (Å²) in [5.41, 5.74) is 2.24. The summed E-state index contributed by atoms with van der Waals surface area (Å²) in [5, 5.41) is 3.60. The van der Waals surface area contributed by atoms with E-state index in [-0.39, 0.29) is 16.5 Å². The van der Waals surface area contributed by atoms with Crippen molar-refractivity contribution >= 4 is 17.9 Å². The third-order valence-electron chi connectivity index (χ3n) is 7.79. The first-order valence-corrected chi connectivity index (χ1v) is 14.4. The van der Waals surface area contributed by atoms with Gasteiger partial charge >= 0.3 is 0 Å². The van der Waals surface area contributed by atoms with Crippen LogP contribution in [0.4, 0.5) is 4.39 Å². The van der Waals surface area contributed by atoms with Crippen molar-refractivity contribution in [1.82, 2.24) is 29.7 Å². The third kappa shape index (κ3) is 6.40. The summed E-state index contributed by atoms with van der Waals surface area (Å²) in [4.78, 5) is 51.3. The fourth-order valence-electron chi connectivity index (χ4n) is 5.43. The van der Waals surface area contributed by atoms with Crippen molar-refractivity contribution in [2.45, 2.75) is 31.7 Å². The monoisotopic (exact) mass is 568 g/mol. The molecule has 2 fully saturated rings. The van der Waals surface area contributed by atoms with Crippen LogP contribution in [0.2, 0.25) is 0 Å². The van der Waals surface area contributed by atoms with E-state index in [9.17, 15) is 18.8 Å². The molecule has 2 aliphatic rings. The fraction of sp³-hybridized carbons (Fsp3) is 0.312. The standard InChI is InChI=1S/C32H33FN6O3/c33-25-9-7-23(8-10-25)30(40)24-4-1-3-21(17-24)18-27-31(41)37-28(32(42)36-27)19-26-29(22-5-6-22)39(20-35-26)14-2-13-38-15-11-34-12-16-38/h1,3-4,7-10,17-20,22,34H,2,5-6,11-16H2,(H,36,42)(H,37,41)/b27-18-,28-19-. The number of nitrogens with one attached hydrogen (secondary N) is 3. The van der Waals surface area contributed by atoms with Crippen molar-refractivity contribution in [3.05, 3.63) is 120 Å². The first-order chi connectivity index (χ1) is 20.4. The fourth-order valence-corrected chi connectivity index (χ4v) is 5.43. The Balaban J connectivity index is 1.24. The molecule has 2 aromatic heterocycles. The number of aryl methyl sites for hydroxylation is 1. The van der Waals surface area contributed by atoms with Crippen LogP contribution >= 0.6 is 0 Å². The van der Waals surface area contributed by atoms with Crippen LogP contribution in [0, 0.1) is 5.82 Å². The first kappa shape index (κ1) is 27.7. The lowest BCUT2D eigenvalue weighted by Crippen LogP contribution is -2.46. The van der Waals surface area contributed by atoms with Gasteiger partial charge in [0.2, 0.25) is 0 Å². The molecule has 3 N–H and O–H groups in total. The van der Waals surface area contributed by atoms with Gasteiger partial charge in [0, 0.05) is 55.5 Å². The second-order valence-electron chi connectivity index (χ2n) is 10.9. The highest BCUT2D eigenvalue weighted by molar-refractivity contribution is 6.09. The molecule has 216 valence electrons. The predicted molar refractivity (Wildman–Crippen MR) is 158 cm³/mol. The Morgan fingerprint density at radius 1 is 0.929 bits per heavy atom. The largest absolute Gasteiger partial charge is 0.334 e. The van der Waals surface area contributed by atoms with Crippen LogP contribution in [0.15, 0.2) is 64.4 Å². The second-order valence-corrected chi connectivity index (χ2v) is 10.9. The number of hydrogen-bond donors (Lipinski definition) is 3. The van der Waals surface area contributed by atoms with E-state index in [0.717, 1.165) is 64.2 Å². The van der Waals surface area contributed by atoms with Crippen LogP contribution in [0.3, 0.4) is 0 Å². The van der Waals surface area contributed by atoms with Crippen molar-refractivity contribution in [2.75, 3.05) is 32.7 Å². The number of carbonyl (C=O) groups excluding carboxylic acids is 1. The average molecular weight is 569 g/mol. The van der Waals surface area contributed by atoms with Gasteiger partial charge in [-0.1, -0.05) is 18.2 Å². The molecular weight excluding hydrogens is 535 g/mol. The molecule has 1 aliphatic carbocycles. The summed E-state index contributed by atoms with van der Waals surface area (Å²) in [5.74, 6) is -0.274. The number of rotatable bonds is 9. The van der Waals surface area contributed by atoms with Gasteiger partial charge in [0.1, 0.15) is 16.5 Å². The lowest BCUT2D eigenvalue weighted by atomic mass is 10.0. The summed E-state index contributed by atoms with van der Waals surface area (Å²) < 4.78 is 15.4. The van der Waals surface area contributed by atoms with Gasteiger partial charge in [-0.15, -0.1) is 0 Å². The van der Waals surface area contributed by atoms with Gasteiger partial charge in [-0.05, 0) is 73.9 Å². The highest BCUT2D eigenvalue weighted by Gasteiger charge is 2.29. The zero-order valence-electron chi connectivity index (χ0n) is 23.2. The van der Waals surface area contributed by atoms with Crippen molar-refractivity contribution in [3.8, 4) is 0 Å². The van der Waals surface area contributed by atoms with Crippen LogP contribution in [0.1, 0.15) is 58.1 Å². The molecule has 1 saturated heterocycles. The van der Waals surface area contributed by atoms with Crippen LogP contribution < -0.4 is 27.1 Å². The second kappa shape index (κ2) is 12.2.